The normalized spacial score (nSPS) is 12.3. The fourth-order valence-electron chi connectivity index (χ4n) is 2.32. The largest absolute Gasteiger partial charge is 0.316 e. The Hall–Kier alpha value is -0.940. The molecule has 0 fully saturated rings. The van der Waals surface area contributed by atoms with Gasteiger partial charge in [0.2, 0.25) is 0 Å². The van der Waals surface area contributed by atoms with Crippen molar-refractivity contribution in [1.82, 2.24) is 5.32 Å². The van der Waals surface area contributed by atoms with Gasteiger partial charge in [0.15, 0.2) is 0 Å². The van der Waals surface area contributed by atoms with Crippen molar-refractivity contribution in [1.29, 1.82) is 0 Å². The van der Waals surface area contributed by atoms with E-state index in [2.05, 4.69) is 59.1 Å². The molecule has 106 valence electrons. The summed E-state index contributed by atoms with van der Waals surface area (Å²) in [7, 11) is 0. The Labute approximate surface area is 133 Å². The zero-order chi connectivity index (χ0) is 14.4. The second kappa shape index (κ2) is 7.74. The standard InChI is InChI=1S/C17H19FIN/c1-2-20-12-14(16-5-3-4-6-17(16)18)11-13-7-9-15(19)10-8-13/h3-10,14,20H,2,11-12H2,1H3. The van der Waals surface area contributed by atoms with Gasteiger partial charge in [-0.1, -0.05) is 37.3 Å². The summed E-state index contributed by atoms with van der Waals surface area (Å²) >= 11 is 2.30. The number of halogens is 2. The van der Waals surface area contributed by atoms with Crippen LogP contribution in [0.25, 0.3) is 0 Å². The first kappa shape index (κ1) is 15.4. The number of hydrogen-bond donors (Lipinski definition) is 1. The van der Waals surface area contributed by atoms with E-state index >= 15 is 0 Å². The number of rotatable bonds is 6. The van der Waals surface area contributed by atoms with Crippen LogP contribution in [0.5, 0.6) is 0 Å². The van der Waals surface area contributed by atoms with Gasteiger partial charge < -0.3 is 5.32 Å². The first-order valence-electron chi connectivity index (χ1n) is 6.90. The van der Waals surface area contributed by atoms with Gasteiger partial charge in [-0.3, -0.25) is 0 Å². The van der Waals surface area contributed by atoms with Crippen LogP contribution in [0.15, 0.2) is 48.5 Å². The van der Waals surface area contributed by atoms with E-state index in [0.29, 0.717) is 0 Å². The monoisotopic (exact) mass is 383 g/mol. The lowest BCUT2D eigenvalue weighted by Crippen LogP contribution is -2.23. The molecule has 0 aromatic heterocycles. The molecule has 0 aliphatic rings. The Bertz CT molecular complexity index is 539. The van der Waals surface area contributed by atoms with E-state index < -0.39 is 0 Å². The van der Waals surface area contributed by atoms with Crippen molar-refractivity contribution in [2.75, 3.05) is 13.1 Å². The molecule has 0 amide bonds. The van der Waals surface area contributed by atoms with Gasteiger partial charge in [0, 0.05) is 16.0 Å². The highest BCUT2D eigenvalue weighted by molar-refractivity contribution is 14.1. The highest BCUT2D eigenvalue weighted by atomic mass is 127. The molecular weight excluding hydrogens is 364 g/mol. The average molecular weight is 383 g/mol. The molecule has 0 aliphatic heterocycles. The van der Waals surface area contributed by atoms with Crippen LogP contribution in [0.4, 0.5) is 4.39 Å². The van der Waals surface area contributed by atoms with Crippen molar-refractivity contribution >= 4 is 22.6 Å². The number of likely N-dealkylation sites (N-methyl/N-ethyl adjacent to an activating group) is 1. The smallest absolute Gasteiger partial charge is 0.126 e. The van der Waals surface area contributed by atoms with E-state index in [4.69, 9.17) is 0 Å². The first-order valence-corrected chi connectivity index (χ1v) is 7.98. The van der Waals surface area contributed by atoms with Crippen LogP contribution in [-0.4, -0.2) is 13.1 Å². The summed E-state index contributed by atoms with van der Waals surface area (Å²) in [5.74, 6) is 0.0529. The fraction of sp³-hybridized carbons (Fsp3) is 0.294. The van der Waals surface area contributed by atoms with Crippen LogP contribution in [0.3, 0.4) is 0 Å². The predicted octanol–water partition coefficient (Wildman–Crippen LogP) is 4.37. The predicted molar refractivity (Wildman–Crippen MR) is 90.5 cm³/mol. The van der Waals surface area contributed by atoms with Gasteiger partial charge in [-0.25, -0.2) is 4.39 Å². The SMILES string of the molecule is CCNCC(Cc1ccc(I)cc1)c1ccccc1F. The highest BCUT2D eigenvalue weighted by Gasteiger charge is 2.15. The molecule has 0 aliphatic carbocycles. The molecule has 3 heteroatoms. The molecule has 2 aromatic rings. The van der Waals surface area contributed by atoms with Gasteiger partial charge in [0.1, 0.15) is 5.82 Å². The molecule has 0 radical (unpaired) electrons. The molecule has 20 heavy (non-hydrogen) atoms. The van der Waals surface area contributed by atoms with Crippen LogP contribution in [0.1, 0.15) is 24.0 Å². The zero-order valence-corrected chi connectivity index (χ0v) is 13.7. The van der Waals surface area contributed by atoms with Gasteiger partial charge in [-0.15, -0.1) is 0 Å². The van der Waals surface area contributed by atoms with Crippen LogP contribution in [0, 0.1) is 9.39 Å². The fourth-order valence-corrected chi connectivity index (χ4v) is 2.68. The van der Waals surface area contributed by atoms with Crippen molar-refractivity contribution in [3.63, 3.8) is 0 Å². The topological polar surface area (TPSA) is 12.0 Å². The molecule has 1 N–H and O–H groups in total. The van der Waals surface area contributed by atoms with Crippen LogP contribution >= 0.6 is 22.6 Å². The van der Waals surface area contributed by atoms with Gasteiger partial charge in [-0.05, 0) is 64.9 Å². The highest BCUT2D eigenvalue weighted by Crippen LogP contribution is 2.23. The van der Waals surface area contributed by atoms with Crippen LogP contribution in [0.2, 0.25) is 0 Å². The molecule has 2 rings (SSSR count). The van der Waals surface area contributed by atoms with Crippen molar-refractivity contribution in [3.05, 3.63) is 69.0 Å². The lowest BCUT2D eigenvalue weighted by Gasteiger charge is -2.18. The maximum Gasteiger partial charge on any atom is 0.126 e. The third kappa shape index (κ3) is 4.28. The second-order valence-corrected chi connectivity index (χ2v) is 6.10. The van der Waals surface area contributed by atoms with Gasteiger partial charge in [0.05, 0.1) is 0 Å². The van der Waals surface area contributed by atoms with Crippen LogP contribution in [-0.2, 0) is 6.42 Å². The molecule has 0 heterocycles. The molecule has 0 spiro atoms. The Morgan fingerprint density at radius 1 is 1.10 bits per heavy atom. The minimum atomic E-state index is -0.110. The summed E-state index contributed by atoms with van der Waals surface area (Å²) < 4.78 is 15.2. The summed E-state index contributed by atoms with van der Waals surface area (Å²) in [4.78, 5) is 0. The van der Waals surface area contributed by atoms with Crippen LogP contribution < -0.4 is 5.32 Å². The van der Waals surface area contributed by atoms with Crippen molar-refractivity contribution in [2.45, 2.75) is 19.3 Å². The lowest BCUT2D eigenvalue weighted by atomic mass is 9.91. The Balaban J connectivity index is 2.19. The number of hydrogen-bond acceptors (Lipinski definition) is 1. The maximum absolute atomic E-state index is 14.0. The van der Waals surface area contributed by atoms with Gasteiger partial charge in [0.25, 0.3) is 0 Å². The Kier molecular flexibility index (Phi) is 5.98. The zero-order valence-electron chi connectivity index (χ0n) is 11.6. The molecule has 1 atom stereocenters. The molecular formula is C17H19FIN. The van der Waals surface area contributed by atoms with Crippen molar-refractivity contribution in [2.24, 2.45) is 0 Å². The van der Waals surface area contributed by atoms with E-state index in [0.717, 1.165) is 25.1 Å². The Morgan fingerprint density at radius 3 is 2.45 bits per heavy atom. The number of nitrogens with one attached hydrogen (secondary N) is 1. The van der Waals surface area contributed by atoms with Gasteiger partial charge in [-0.2, -0.15) is 0 Å². The van der Waals surface area contributed by atoms with E-state index in [1.54, 1.807) is 12.1 Å². The molecule has 0 saturated heterocycles. The summed E-state index contributed by atoms with van der Waals surface area (Å²) in [6.45, 7) is 3.77. The summed E-state index contributed by atoms with van der Waals surface area (Å²) in [6, 6.07) is 15.5. The Morgan fingerprint density at radius 2 is 1.80 bits per heavy atom. The summed E-state index contributed by atoms with van der Waals surface area (Å²) in [6.07, 6.45) is 0.852. The summed E-state index contributed by atoms with van der Waals surface area (Å²) in [5.41, 5.74) is 2.04. The lowest BCUT2D eigenvalue weighted by molar-refractivity contribution is 0.544. The van der Waals surface area contributed by atoms with Gasteiger partial charge >= 0.3 is 0 Å². The third-order valence-electron chi connectivity index (χ3n) is 3.38. The average Bonchev–Trinajstić information content (AvgIpc) is 2.46. The van der Waals surface area contributed by atoms with E-state index in [1.807, 2.05) is 12.1 Å². The molecule has 0 bridgehead atoms. The second-order valence-electron chi connectivity index (χ2n) is 4.86. The molecule has 2 aromatic carbocycles. The molecule has 1 nitrogen and oxygen atoms in total. The summed E-state index contributed by atoms with van der Waals surface area (Å²) in [5, 5.41) is 3.34. The van der Waals surface area contributed by atoms with E-state index in [1.165, 1.54) is 9.13 Å². The minimum Gasteiger partial charge on any atom is -0.316 e. The third-order valence-corrected chi connectivity index (χ3v) is 4.10. The van der Waals surface area contributed by atoms with Crippen molar-refractivity contribution in [3.8, 4) is 0 Å². The van der Waals surface area contributed by atoms with E-state index in [-0.39, 0.29) is 11.7 Å². The number of benzene rings is 2. The molecule has 0 saturated carbocycles. The minimum absolute atomic E-state index is 0.110. The van der Waals surface area contributed by atoms with Crippen molar-refractivity contribution < 1.29 is 4.39 Å². The molecule has 1 unspecified atom stereocenters. The quantitative estimate of drug-likeness (QED) is 0.731. The first-order chi connectivity index (χ1) is 9.70. The van der Waals surface area contributed by atoms with E-state index in [9.17, 15) is 4.39 Å². The maximum atomic E-state index is 14.0.